The molecule has 0 saturated carbocycles. The summed E-state index contributed by atoms with van der Waals surface area (Å²) in [5, 5.41) is 12.4. The molecule has 5 N–H and O–H groups in total. The molecule has 0 rings (SSSR count). The predicted octanol–water partition coefficient (Wildman–Crippen LogP) is -1.00. The van der Waals surface area contributed by atoms with Crippen molar-refractivity contribution in [3.05, 3.63) is 0 Å². The number of carbonyl (C=O) groups excluding carboxylic acids is 3. The predicted molar refractivity (Wildman–Crippen MR) is 78.8 cm³/mol. The summed E-state index contributed by atoms with van der Waals surface area (Å²) in [6, 6.07) is -1.44. The van der Waals surface area contributed by atoms with Crippen molar-refractivity contribution in [2.24, 2.45) is 5.73 Å². The Balaban J connectivity index is 0. The molecule has 9 nitrogen and oxygen atoms in total. The van der Waals surface area contributed by atoms with E-state index in [4.69, 9.17) is 15.6 Å². The number of carboxylic acids is 1. The highest BCUT2D eigenvalue weighted by Crippen LogP contribution is 1.98. The van der Waals surface area contributed by atoms with Crippen molar-refractivity contribution in [1.82, 2.24) is 10.6 Å². The second-order valence-corrected chi connectivity index (χ2v) is 4.46. The maximum atomic E-state index is 11.8. The lowest BCUT2D eigenvalue weighted by Gasteiger charge is -2.19. The minimum absolute atomic E-state index is 0.308. The van der Waals surface area contributed by atoms with Gasteiger partial charge in [0.2, 0.25) is 11.8 Å². The lowest BCUT2D eigenvalue weighted by molar-refractivity contribution is -0.144. The highest BCUT2D eigenvalue weighted by Gasteiger charge is 2.23. The molecule has 0 saturated heterocycles. The third-order valence-corrected chi connectivity index (χ3v) is 2.30. The number of amides is 2. The first kappa shape index (κ1) is 22.1. The summed E-state index contributed by atoms with van der Waals surface area (Å²) in [5.41, 5.74) is 5.36. The zero-order valence-corrected chi connectivity index (χ0v) is 13.3. The van der Waals surface area contributed by atoms with E-state index in [2.05, 4.69) is 15.4 Å². The van der Waals surface area contributed by atoms with E-state index in [1.165, 1.54) is 21.0 Å². The number of hydrogen-bond acceptors (Lipinski definition) is 6. The summed E-state index contributed by atoms with van der Waals surface area (Å²) in [7, 11) is 1.24. The van der Waals surface area contributed by atoms with Gasteiger partial charge in [-0.1, -0.05) is 0 Å². The van der Waals surface area contributed by atoms with Gasteiger partial charge in [0.1, 0.15) is 12.1 Å². The molecule has 0 aromatic rings. The zero-order valence-electron chi connectivity index (χ0n) is 13.3. The molecule has 0 aliphatic rings. The number of rotatable bonds is 7. The third-order valence-electron chi connectivity index (χ3n) is 2.30. The van der Waals surface area contributed by atoms with E-state index in [9.17, 15) is 14.4 Å². The van der Waals surface area contributed by atoms with Gasteiger partial charge in [-0.3, -0.25) is 14.4 Å². The van der Waals surface area contributed by atoms with E-state index in [1.807, 2.05) is 0 Å². The summed E-state index contributed by atoms with van der Waals surface area (Å²) < 4.78 is 4.49. The molecule has 9 heteroatoms. The summed E-state index contributed by atoms with van der Waals surface area (Å²) in [5.74, 6) is -2.10. The van der Waals surface area contributed by atoms with Crippen LogP contribution >= 0.6 is 0 Å². The van der Waals surface area contributed by atoms with Crippen LogP contribution in [0.5, 0.6) is 0 Å². The maximum Gasteiger partial charge on any atom is 0.328 e. The summed E-state index contributed by atoms with van der Waals surface area (Å²) >= 11 is 0. The van der Waals surface area contributed by atoms with Crippen LogP contribution in [0.25, 0.3) is 0 Å². The smallest absolute Gasteiger partial charge is 0.328 e. The Labute approximate surface area is 129 Å². The van der Waals surface area contributed by atoms with Crippen LogP contribution < -0.4 is 16.4 Å². The Morgan fingerprint density at radius 1 is 1.18 bits per heavy atom. The number of carboxylic acid groups (broad SMARTS) is 1. The van der Waals surface area contributed by atoms with Crippen LogP contribution in [0.1, 0.15) is 33.6 Å². The van der Waals surface area contributed by atoms with Crippen molar-refractivity contribution in [1.29, 1.82) is 0 Å². The molecule has 0 aromatic carbocycles. The quantitative estimate of drug-likeness (QED) is 0.440. The summed E-state index contributed by atoms with van der Waals surface area (Å²) in [6.07, 6.45) is 1.03. The average Bonchev–Trinajstić information content (AvgIpc) is 2.41. The molecule has 2 atom stereocenters. The van der Waals surface area contributed by atoms with E-state index >= 15 is 0 Å². The topological polar surface area (TPSA) is 148 Å². The molecule has 128 valence electrons. The number of aliphatic carboxylic acids is 1. The normalized spacial score (nSPS) is 12.0. The molecule has 0 radical (unpaired) electrons. The minimum atomic E-state index is -0.833. The molecule has 0 aliphatic heterocycles. The Hall–Kier alpha value is -2.16. The van der Waals surface area contributed by atoms with Crippen molar-refractivity contribution in [3.8, 4) is 0 Å². The van der Waals surface area contributed by atoms with E-state index in [1.54, 1.807) is 0 Å². The molecule has 0 unspecified atom stereocenters. The van der Waals surface area contributed by atoms with Crippen LogP contribution in [0.2, 0.25) is 0 Å². The first-order valence-corrected chi connectivity index (χ1v) is 6.70. The zero-order chi connectivity index (χ0) is 17.7. The monoisotopic (exact) mass is 319 g/mol. The fourth-order valence-electron chi connectivity index (χ4n) is 1.39. The van der Waals surface area contributed by atoms with Crippen LogP contribution in [-0.4, -0.2) is 54.6 Å². The van der Waals surface area contributed by atoms with E-state index < -0.39 is 29.9 Å². The Kier molecular flexibility index (Phi) is 12.6. The lowest BCUT2D eigenvalue weighted by Crippen LogP contribution is -2.50. The fourth-order valence-corrected chi connectivity index (χ4v) is 1.39. The van der Waals surface area contributed by atoms with Crippen molar-refractivity contribution in [3.63, 3.8) is 0 Å². The maximum absolute atomic E-state index is 11.8. The molecule has 0 spiro atoms. The SMILES string of the molecule is CC(=O)O.COC(=O)[C@H](C)NC(=O)[C@H](CCCN)NC(C)=O. The number of nitrogens with two attached hydrogens (primary N) is 1. The number of methoxy groups -OCH3 is 1. The van der Waals surface area contributed by atoms with Gasteiger partial charge in [-0.15, -0.1) is 0 Å². The Bertz CT molecular complexity index is 382. The molecular weight excluding hydrogens is 294 g/mol. The van der Waals surface area contributed by atoms with Gasteiger partial charge in [0.15, 0.2) is 0 Å². The van der Waals surface area contributed by atoms with Crippen LogP contribution in [0.3, 0.4) is 0 Å². The van der Waals surface area contributed by atoms with Crippen molar-refractivity contribution >= 4 is 23.8 Å². The molecule has 0 aliphatic carbocycles. The average molecular weight is 319 g/mol. The van der Waals surface area contributed by atoms with Crippen LogP contribution in [0, 0.1) is 0 Å². The first-order chi connectivity index (χ1) is 10.1. The molecule has 2 amide bonds. The highest BCUT2D eigenvalue weighted by molar-refractivity contribution is 5.90. The largest absolute Gasteiger partial charge is 0.481 e. The fraction of sp³-hybridized carbons (Fsp3) is 0.692. The number of nitrogens with one attached hydrogen (secondary N) is 2. The number of ether oxygens (including phenoxy) is 1. The molecule has 0 heterocycles. The highest BCUT2D eigenvalue weighted by atomic mass is 16.5. The second kappa shape index (κ2) is 12.6. The molecule has 0 aromatic heterocycles. The van der Waals surface area contributed by atoms with Gasteiger partial charge in [-0.25, -0.2) is 4.79 Å². The number of esters is 1. The van der Waals surface area contributed by atoms with Gasteiger partial charge in [-0.2, -0.15) is 0 Å². The van der Waals surface area contributed by atoms with Gasteiger partial charge < -0.3 is 26.2 Å². The van der Waals surface area contributed by atoms with Gasteiger partial charge in [-0.05, 0) is 26.3 Å². The van der Waals surface area contributed by atoms with Crippen LogP contribution in [0.15, 0.2) is 0 Å². The Morgan fingerprint density at radius 2 is 1.68 bits per heavy atom. The standard InChI is InChI=1S/C11H21N3O4.C2H4O2/c1-7(11(17)18-3)13-10(16)9(5-4-6-12)14-8(2)15;1-2(3)4/h7,9H,4-6,12H2,1-3H3,(H,13,16)(H,14,15);1H3,(H,3,4)/t7-,9-;/m0./s1. The minimum Gasteiger partial charge on any atom is -0.481 e. The third kappa shape index (κ3) is 12.9. The molecule has 0 fully saturated rings. The molecular formula is C13H25N3O6. The van der Waals surface area contributed by atoms with E-state index in [-0.39, 0.29) is 5.91 Å². The van der Waals surface area contributed by atoms with Crippen molar-refractivity contribution in [2.75, 3.05) is 13.7 Å². The van der Waals surface area contributed by atoms with Crippen molar-refractivity contribution < 1.29 is 29.0 Å². The second-order valence-electron chi connectivity index (χ2n) is 4.46. The van der Waals surface area contributed by atoms with E-state index in [0.717, 1.165) is 6.92 Å². The first-order valence-electron chi connectivity index (χ1n) is 6.70. The number of carbonyl (C=O) groups is 4. The molecule has 22 heavy (non-hydrogen) atoms. The number of hydrogen-bond donors (Lipinski definition) is 4. The molecule has 0 bridgehead atoms. The summed E-state index contributed by atoms with van der Waals surface area (Å²) in [6.45, 7) is 4.35. The summed E-state index contributed by atoms with van der Waals surface area (Å²) in [4.78, 5) is 43.0. The van der Waals surface area contributed by atoms with Crippen molar-refractivity contribution in [2.45, 2.75) is 45.7 Å². The van der Waals surface area contributed by atoms with Gasteiger partial charge in [0.05, 0.1) is 7.11 Å². The van der Waals surface area contributed by atoms with Gasteiger partial charge in [0.25, 0.3) is 5.97 Å². The Morgan fingerprint density at radius 3 is 2.05 bits per heavy atom. The van der Waals surface area contributed by atoms with Crippen LogP contribution in [0.4, 0.5) is 0 Å². The van der Waals surface area contributed by atoms with Crippen LogP contribution in [-0.2, 0) is 23.9 Å². The lowest BCUT2D eigenvalue weighted by atomic mass is 10.1. The van der Waals surface area contributed by atoms with Gasteiger partial charge >= 0.3 is 5.97 Å². The van der Waals surface area contributed by atoms with Gasteiger partial charge in [0, 0.05) is 13.8 Å². The van der Waals surface area contributed by atoms with E-state index in [0.29, 0.717) is 19.4 Å².